The number of anilines is 1. The Hall–Kier alpha value is -4.80. The number of ether oxygens (including phenoxy) is 1. The number of methoxy groups -OCH3 is 1. The summed E-state index contributed by atoms with van der Waals surface area (Å²) in [5, 5.41) is 15.5. The molecule has 1 fully saturated rings. The number of benzene rings is 3. The van der Waals surface area contributed by atoms with Gasteiger partial charge in [-0.15, -0.1) is 11.3 Å². The van der Waals surface area contributed by atoms with Gasteiger partial charge in [-0.25, -0.2) is 18.2 Å². The number of nitrogens with zero attached hydrogens (tertiary/aromatic N) is 2. The van der Waals surface area contributed by atoms with Crippen LogP contribution in [-0.2, 0) is 29.9 Å². The third kappa shape index (κ3) is 7.35. The van der Waals surface area contributed by atoms with Gasteiger partial charge >= 0.3 is 6.09 Å². The molecule has 0 bridgehead atoms. The lowest BCUT2D eigenvalue weighted by atomic mass is 10.0. The number of aromatic nitrogens is 1. The fraction of sp³-hybridized carbons (Fsp3) is 0.233. The Morgan fingerprint density at radius 1 is 1.07 bits per heavy atom. The first-order valence-electron chi connectivity index (χ1n) is 13.3. The van der Waals surface area contributed by atoms with E-state index >= 15 is 0 Å². The first-order chi connectivity index (χ1) is 20.6. The van der Waals surface area contributed by atoms with Crippen LogP contribution in [0, 0.1) is 11.3 Å². The van der Waals surface area contributed by atoms with Crippen LogP contribution in [0.3, 0.4) is 0 Å². The van der Waals surface area contributed by atoms with Crippen LogP contribution < -0.4 is 16.0 Å². The third-order valence-electron chi connectivity index (χ3n) is 6.64. The maximum Gasteiger partial charge on any atom is 0.411 e. The Balaban J connectivity index is 1.46. The summed E-state index contributed by atoms with van der Waals surface area (Å²) in [4.78, 5) is 41.8. The first kappa shape index (κ1) is 29.7. The molecular weight excluding hydrogens is 590 g/mol. The van der Waals surface area contributed by atoms with Gasteiger partial charge in [0.25, 0.3) is 0 Å². The highest BCUT2D eigenvalue weighted by molar-refractivity contribution is 7.91. The second-order valence-corrected chi connectivity index (χ2v) is 13.1. The predicted octanol–water partition coefficient (Wildman–Crippen LogP) is 4.06. The Morgan fingerprint density at radius 2 is 1.84 bits per heavy atom. The maximum atomic E-state index is 13.8. The summed E-state index contributed by atoms with van der Waals surface area (Å²) in [7, 11) is -2.93. The van der Waals surface area contributed by atoms with Crippen molar-refractivity contribution in [3.63, 3.8) is 0 Å². The second-order valence-electron chi connectivity index (χ2n) is 9.99. The van der Waals surface area contributed by atoms with Gasteiger partial charge in [0.15, 0.2) is 15.1 Å². The SMILES string of the molecule is COC(=O)Nc1cccc(-c2ccc3nc(C(C(=O)NCC(=O)NC4CC4)S(=O)(=O)Cc4cccc(C#N)c4)sc3c2)c1. The van der Waals surface area contributed by atoms with E-state index in [9.17, 15) is 28.1 Å². The standard InChI is InChI=1S/C30H27N5O6S2/c1-41-30(38)34-23-7-3-6-20(13-23)21-8-11-24-25(14-21)42-29(35-24)27(28(37)32-16-26(36)33-22-9-10-22)43(39,40)17-19-5-2-4-18(12-19)15-31/h2-8,11-14,22,27H,9-10,16-17H2,1H3,(H,32,37)(H,33,36)(H,34,38). The van der Waals surface area contributed by atoms with Crippen LogP contribution in [0.4, 0.5) is 10.5 Å². The predicted molar refractivity (Wildman–Crippen MR) is 162 cm³/mol. The van der Waals surface area contributed by atoms with E-state index in [1.54, 1.807) is 42.5 Å². The van der Waals surface area contributed by atoms with Crippen LogP contribution in [0.1, 0.15) is 34.2 Å². The van der Waals surface area contributed by atoms with Gasteiger partial charge < -0.3 is 15.4 Å². The molecule has 43 heavy (non-hydrogen) atoms. The smallest absolute Gasteiger partial charge is 0.411 e. The number of nitrogens with one attached hydrogen (secondary N) is 3. The molecule has 1 atom stereocenters. The molecule has 0 aliphatic heterocycles. The van der Waals surface area contributed by atoms with Gasteiger partial charge in [-0.2, -0.15) is 5.26 Å². The number of carbonyl (C=O) groups is 3. The zero-order chi connectivity index (χ0) is 30.6. The minimum atomic E-state index is -4.20. The number of fused-ring (bicyclic) bond motifs is 1. The molecule has 0 saturated heterocycles. The summed E-state index contributed by atoms with van der Waals surface area (Å²) in [5.74, 6) is -1.76. The molecule has 4 aromatic rings. The minimum absolute atomic E-state index is 0.0600. The van der Waals surface area contributed by atoms with E-state index in [4.69, 9.17) is 0 Å². The molecule has 1 heterocycles. The average molecular weight is 618 g/mol. The molecule has 1 aliphatic rings. The second kappa shape index (κ2) is 12.6. The summed E-state index contributed by atoms with van der Waals surface area (Å²) < 4.78 is 32.8. The van der Waals surface area contributed by atoms with Gasteiger partial charge in [-0.3, -0.25) is 14.9 Å². The van der Waals surface area contributed by atoms with Crippen LogP contribution in [0.5, 0.6) is 0 Å². The lowest BCUT2D eigenvalue weighted by molar-refractivity contribution is -0.126. The van der Waals surface area contributed by atoms with E-state index in [0.29, 0.717) is 27.0 Å². The van der Waals surface area contributed by atoms with Crippen molar-refractivity contribution in [3.8, 4) is 17.2 Å². The topological polar surface area (TPSA) is 167 Å². The molecule has 1 saturated carbocycles. The van der Waals surface area contributed by atoms with Crippen molar-refractivity contribution in [3.05, 3.63) is 82.9 Å². The van der Waals surface area contributed by atoms with E-state index < -0.39 is 38.7 Å². The molecular formula is C30H27N5O6S2. The number of sulfone groups is 1. The van der Waals surface area contributed by atoms with Crippen molar-refractivity contribution < 1.29 is 27.5 Å². The summed E-state index contributed by atoms with van der Waals surface area (Å²) in [6, 6.07) is 20.7. The molecule has 3 N–H and O–H groups in total. The first-order valence-corrected chi connectivity index (χ1v) is 15.8. The number of nitriles is 1. The minimum Gasteiger partial charge on any atom is -0.453 e. The zero-order valence-electron chi connectivity index (χ0n) is 23.0. The van der Waals surface area contributed by atoms with E-state index in [1.807, 2.05) is 24.3 Å². The van der Waals surface area contributed by atoms with Gasteiger partial charge in [0.05, 0.1) is 41.3 Å². The fourth-order valence-corrected chi connectivity index (χ4v) is 7.57. The monoisotopic (exact) mass is 617 g/mol. The lowest BCUT2D eigenvalue weighted by Crippen LogP contribution is -2.41. The van der Waals surface area contributed by atoms with Gasteiger partial charge in [0.1, 0.15) is 5.01 Å². The van der Waals surface area contributed by atoms with Crippen LogP contribution in [0.25, 0.3) is 21.3 Å². The molecule has 11 nitrogen and oxygen atoms in total. The van der Waals surface area contributed by atoms with Crippen molar-refractivity contribution in [2.24, 2.45) is 0 Å². The molecule has 5 rings (SSSR count). The van der Waals surface area contributed by atoms with Crippen molar-refractivity contribution in [1.82, 2.24) is 15.6 Å². The number of carbonyl (C=O) groups excluding carboxylic acids is 3. The maximum absolute atomic E-state index is 13.8. The molecule has 1 aromatic heterocycles. The van der Waals surface area contributed by atoms with Gasteiger partial charge in [-0.1, -0.05) is 30.3 Å². The number of rotatable bonds is 10. The summed E-state index contributed by atoms with van der Waals surface area (Å²) >= 11 is 1.07. The fourth-order valence-electron chi connectivity index (χ4n) is 4.42. The highest BCUT2D eigenvalue weighted by Gasteiger charge is 2.37. The van der Waals surface area contributed by atoms with Gasteiger partial charge in [0, 0.05) is 11.7 Å². The molecule has 1 aliphatic carbocycles. The number of hydrogen-bond donors (Lipinski definition) is 3. The Bertz CT molecular complexity index is 1860. The van der Waals surface area contributed by atoms with Gasteiger partial charge in [-0.05, 0) is 65.9 Å². The normalized spacial score (nSPS) is 13.5. The van der Waals surface area contributed by atoms with Crippen molar-refractivity contribution in [2.75, 3.05) is 19.0 Å². The van der Waals surface area contributed by atoms with E-state index in [2.05, 4.69) is 25.7 Å². The number of hydrogen-bond acceptors (Lipinski definition) is 9. The van der Waals surface area contributed by atoms with Crippen molar-refractivity contribution in [1.29, 1.82) is 5.26 Å². The lowest BCUT2D eigenvalue weighted by Gasteiger charge is -2.16. The van der Waals surface area contributed by atoms with E-state index in [1.165, 1.54) is 13.2 Å². The van der Waals surface area contributed by atoms with Crippen LogP contribution >= 0.6 is 11.3 Å². The zero-order valence-corrected chi connectivity index (χ0v) is 24.6. The molecule has 3 aromatic carbocycles. The van der Waals surface area contributed by atoms with Crippen LogP contribution in [-0.4, -0.2) is 51.0 Å². The summed E-state index contributed by atoms with van der Waals surface area (Å²) in [6.07, 6.45) is 1.14. The van der Waals surface area contributed by atoms with Crippen molar-refractivity contribution in [2.45, 2.75) is 29.9 Å². The average Bonchev–Trinajstić information content (AvgIpc) is 3.71. The molecule has 13 heteroatoms. The highest BCUT2D eigenvalue weighted by Crippen LogP contribution is 2.35. The molecule has 1 unspecified atom stereocenters. The largest absolute Gasteiger partial charge is 0.453 e. The molecule has 220 valence electrons. The molecule has 0 radical (unpaired) electrons. The Morgan fingerprint density at radius 3 is 2.58 bits per heavy atom. The number of thiazole rings is 1. The quantitative estimate of drug-likeness (QED) is 0.239. The number of amides is 3. The third-order valence-corrected chi connectivity index (χ3v) is 9.77. The van der Waals surface area contributed by atoms with E-state index in [-0.39, 0.29) is 17.6 Å². The van der Waals surface area contributed by atoms with Crippen LogP contribution in [0.15, 0.2) is 66.7 Å². The van der Waals surface area contributed by atoms with E-state index in [0.717, 1.165) is 35.3 Å². The van der Waals surface area contributed by atoms with Crippen LogP contribution in [0.2, 0.25) is 0 Å². The molecule has 3 amide bonds. The Labute approximate surface area is 251 Å². The summed E-state index contributed by atoms with van der Waals surface area (Å²) in [6.45, 7) is -0.365. The Kier molecular flexibility index (Phi) is 8.70. The molecule has 0 spiro atoms. The van der Waals surface area contributed by atoms with Gasteiger partial charge in [0.2, 0.25) is 11.8 Å². The van der Waals surface area contributed by atoms with Crippen molar-refractivity contribution >= 4 is 55.0 Å². The summed E-state index contributed by atoms with van der Waals surface area (Å²) in [5.41, 5.74) is 3.25. The highest BCUT2D eigenvalue weighted by atomic mass is 32.2.